The van der Waals surface area contributed by atoms with Crippen molar-refractivity contribution in [3.8, 4) is 0 Å². The van der Waals surface area contributed by atoms with E-state index in [4.69, 9.17) is 0 Å². The first-order valence-corrected chi connectivity index (χ1v) is 7.31. The molecular weight excluding hydrogens is 324 g/mol. The van der Waals surface area contributed by atoms with Crippen molar-refractivity contribution in [1.29, 1.82) is 0 Å². The number of carbonyl (C=O) groups excluding carboxylic acids is 1. The number of amides is 1. The third-order valence-electron chi connectivity index (χ3n) is 3.28. The quantitative estimate of drug-likeness (QED) is 0.275. The molecule has 0 saturated carbocycles. The second kappa shape index (κ2) is 7.82. The monoisotopic (exact) mass is 340 g/mol. The fourth-order valence-corrected chi connectivity index (χ4v) is 1.93. The van der Waals surface area contributed by atoms with Gasteiger partial charge in [0.15, 0.2) is 5.70 Å². The van der Waals surface area contributed by atoms with Crippen LogP contribution in [0.25, 0.3) is 0 Å². The van der Waals surface area contributed by atoms with Gasteiger partial charge in [-0.15, -0.1) is 5.11 Å². The van der Waals surface area contributed by atoms with Gasteiger partial charge in [0.05, 0.1) is 10.6 Å². The van der Waals surface area contributed by atoms with E-state index in [2.05, 4.69) is 15.5 Å². The van der Waals surface area contributed by atoms with Crippen molar-refractivity contribution in [2.24, 2.45) is 10.2 Å². The average Bonchev–Trinajstić information content (AvgIpc) is 2.57. The molecule has 0 atom stereocenters. The number of carbonyl (C=O) groups is 1. The average molecular weight is 340 g/mol. The first-order valence-electron chi connectivity index (χ1n) is 7.31. The zero-order valence-electron chi connectivity index (χ0n) is 13.6. The molecule has 0 heterocycles. The molecule has 8 nitrogen and oxygen atoms in total. The molecule has 25 heavy (non-hydrogen) atoms. The molecule has 0 aliphatic carbocycles. The van der Waals surface area contributed by atoms with Gasteiger partial charge < -0.3 is 10.4 Å². The third-order valence-corrected chi connectivity index (χ3v) is 3.28. The van der Waals surface area contributed by atoms with E-state index in [9.17, 15) is 20.0 Å². The van der Waals surface area contributed by atoms with E-state index in [1.807, 2.05) is 19.1 Å². The molecule has 128 valence electrons. The van der Waals surface area contributed by atoms with Crippen LogP contribution in [0.2, 0.25) is 0 Å². The lowest BCUT2D eigenvalue weighted by Gasteiger charge is -2.08. The number of rotatable bonds is 5. The van der Waals surface area contributed by atoms with Gasteiger partial charge in [0, 0.05) is 17.8 Å². The predicted octanol–water partition coefficient (Wildman–Crippen LogP) is 4.42. The smallest absolute Gasteiger partial charge is 0.279 e. The van der Waals surface area contributed by atoms with Crippen molar-refractivity contribution in [1.82, 2.24) is 0 Å². The van der Waals surface area contributed by atoms with Crippen molar-refractivity contribution in [3.05, 3.63) is 75.7 Å². The molecule has 0 aromatic heterocycles. The van der Waals surface area contributed by atoms with Crippen LogP contribution < -0.4 is 5.32 Å². The van der Waals surface area contributed by atoms with Gasteiger partial charge in [-0.05, 0) is 37.6 Å². The van der Waals surface area contributed by atoms with Crippen LogP contribution in [0.4, 0.5) is 17.1 Å². The number of nitro benzene ring substituents is 1. The minimum atomic E-state index is -0.611. The number of azo groups is 1. The summed E-state index contributed by atoms with van der Waals surface area (Å²) in [5.74, 6) is -0.906. The number of anilines is 1. The molecule has 0 saturated heterocycles. The van der Waals surface area contributed by atoms with Gasteiger partial charge in [-0.3, -0.25) is 14.9 Å². The Hall–Kier alpha value is -3.55. The highest BCUT2D eigenvalue weighted by Crippen LogP contribution is 2.20. The number of benzene rings is 2. The number of aliphatic hydroxyl groups is 1. The summed E-state index contributed by atoms with van der Waals surface area (Å²) in [5, 5.41) is 30.6. The highest BCUT2D eigenvalue weighted by Gasteiger charge is 2.14. The Labute approximate surface area is 143 Å². The highest BCUT2D eigenvalue weighted by molar-refractivity contribution is 6.04. The molecule has 0 aliphatic rings. The molecule has 0 aliphatic heterocycles. The molecule has 8 heteroatoms. The van der Waals surface area contributed by atoms with Gasteiger partial charge in [-0.25, -0.2) is 0 Å². The van der Waals surface area contributed by atoms with E-state index < -0.39 is 10.8 Å². The Morgan fingerprint density at radius 3 is 2.36 bits per heavy atom. The number of nitrogens with one attached hydrogen (secondary N) is 1. The number of hydrogen-bond donors (Lipinski definition) is 2. The van der Waals surface area contributed by atoms with Crippen LogP contribution in [-0.4, -0.2) is 15.9 Å². The van der Waals surface area contributed by atoms with Gasteiger partial charge in [-0.2, -0.15) is 5.11 Å². The van der Waals surface area contributed by atoms with Crippen molar-refractivity contribution < 1.29 is 14.8 Å². The molecule has 2 N–H and O–H groups in total. The minimum absolute atomic E-state index is 0.0784. The number of nitro groups is 1. The van der Waals surface area contributed by atoms with Crippen molar-refractivity contribution in [2.45, 2.75) is 13.8 Å². The fraction of sp³-hybridized carbons (Fsp3) is 0.118. The summed E-state index contributed by atoms with van der Waals surface area (Å²) in [7, 11) is 0. The first kappa shape index (κ1) is 17.8. The maximum Gasteiger partial charge on any atom is 0.279 e. The molecular formula is C17H16N4O4. The number of non-ortho nitro benzene ring substituents is 1. The summed E-state index contributed by atoms with van der Waals surface area (Å²) in [6.45, 7) is 3.16. The van der Waals surface area contributed by atoms with Crippen molar-refractivity contribution in [3.63, 3.8) is 0 Å². The van der Waals surface area contributed by atoms with Crippen LogP contribution in [0, 0.1) is 17.0 Å². The SMILES string of the molecule is C/C(O)=C(/N=Nc1ccc([N+](=O)[O-])cc1)C(=O)Nc1ccccc1C. The molecule has 1 amide bonds. The second-order valence-electron chi connectivity index (χ2n) is 5.18. The van der Waals surface area contributed by atoms with Crippen LogP contribution in [-0.2, 0) is 4.79 Å². The van der Waals surface area contributed by atoms with Crippen LogP contribution >= 0.6 is 0 Å². The summed E-state index contributed by atoms with van der Waals surface area (Å²) < 4.78 is 0. The van der Waals surface area contributed by atoms with E-state index >= 15 is 0 Å². The Bertz CT molecular complexity index is 853. The standard InChI is InChI=1S/C17H16N4O4/c1-11-5-3-4-6-15(11)18-17(23)16(12(2)22)20-19-13-7-9-14(10-8-13)21(24)25/h3-10,22H,1-2H3,(H,18,23)/b16-12-,20-19?. The molecule has 2 aromatic carbocycles. The fourth-order valence-electron chi connectivity index (χ4n) is 1.93. The van der Waals surface area contributed by atoms with Gasteiger partial charge in [0.2, 0.25) is 0 Å². The van der Waals surface area contributed by atoms with E-state index in [1.54, 1.807) is 12.1 Å². The molecule has 0 bridgehead atoms. The maximum atomic E-state index is 12.3. The van der Waals surface area contributed by atoms with Crippen LogP contribution in [0.1, 0.15) is 12.5 Å². The number of aryl methyl sites for hydroxylation is 1. The molecule has 2 rings (SSSR count). The van der Waals surface area contributed by atoms with Crippen molar-refractivity contribution in [2.75, 3.05) is 5.32 Å². The highest BCUT2D eigenvalue weighted by atomic mass is 16.6. The van der Waals surface area contributed by atoms with Gasteiger partial charge in [0.1, 0.15) is 5.76 Å². The lowest BCUT2D eigenvalue weighted by atomic mass is 10.2. The normalized spacial score (nSPS) is 11.9. The summed E-state index contributed by atoms with van der Waals surface area (Å²) in [4.78, 5) is 22.4. The number of para-hydroxylation sites is 1. The number of hydrogen-bond acceptors (Lipinski definition) is 6. The molecule has 2 aromatic rings. The second-order valence-corrected chi connectivity index (χ2v) is 5.18. The lowest BCUT2D eigenvalue weighted by molar-refractivity contribution is -0.384. The van der Waals surface area contributed by atoms with Gasteiger partial charge in [-0.1, -0.05) is 18.2 Å². The topological polar surface area (TPSA) is 117 Å². The zero-order valence-corrected chi connectivity index (χ0v) is 13.6. The van der Waals surface area contributed by atoms with Crippen LogP contribution in [0.5, 0.6) is 0 Å². The summed E-state index contributed by atoms with van der Waals surface area (Å²) in [6.07, 6.45) is 0. The van der Waals surface area contributed by atoms with E-state index in [0.717, 1.165) is 5.56 Å². The van der Waals surface area contributed by atoms with Gasteiger partial charge in [0.25, 0.3) is 11.6 Å². The van der Waals surface area contributed by atoms with Gasteiger partial charge >= 0.3 is 0 Å². The van der Waals surface area contributed by atoms with Crippen LogP contribution in [0.3, 0.4) is 0 Å². The number of allylic oxidation sites excluding steroid dienone is 1. The maximum absolute atomic E-state index is 12.3. The zero-order chi connectivity index (χ0) is 18.4. The molecule has 0 fully saturated rings. The summed E-state index contributed by atoms with van der Waals surface area (Å²) in [5.41, 5.74) is 1.44. The Kier molecular flexibility index (Phi) is 5.57. The largest absolute Gasteiger partial charge is 0.510 e. The lowest BCUT2D eigenvalue weighted by Crippen LogP contribution is -2.15. The number of aliphatic hydroxyl groups excluding tert-OH is 1. The molecule has 0 unspecified atom stereocenters. The van der Waals surface area contributed by atoms with Crippen molar-refractivity contribution >= 4 is 23.0 Å². The Morgan fingerprint density at radius 2 is 1.80 bits per heavy atom. The molecule has 0 spiro atoms. The minimum Gasteiger partial charge on any atom is -0.510 e. The van der Waals surface area contributed by atoms with Crippen LogP contribution in [0.15, 0.2) is 70.2 Å². The first-order chi connectivity index (χ1) is 11.9. The summed E-state index contributed by atoms with van der Waals surface area (Å²) in [6, 6.07) is 12.5. The van der Waals surface area contributed by atoms with E-state index in [0.29, 0.717) is 11.4 Å². The molecule has 0 radical (unpaired) electrons. The predicted molar refractivity (Wildman–Crippen MR) is 92.7 cm³/mol. The third kappa shape index (κ3) is 4.71. The van der Waals surface area contributed by atoms with E-state index in [-0.39, 0.29) is 17.1 Å². The number of nitrogens with zero attached hydrogens (tertiary/aromatic N) is 3. The summed E-state index contributed by atoms with van der Waals surface area (Å²) >= 11 is 0. The Balaban J connectivity index is 2.18. The van der Waals surface area contributed by atoms with E-state index in [1.165, 1.54) is 31.2 Å². The Morgan fingerprint density at radius 1 is 1.16 bits per heavy atom.